The van der Waals surface area contributed by atoms with Gasteiger partial charge in [0.05, 0.1) is 18.7 Å². The molecule has 0 radical (unpaired) electrons. The van der Waals surface area contributed by atoms with Crippen molar-refractivity contribution in [3.05, 3.63) is 28.2 Å². The van der Waals surface area contributed by atoms with Crippen LogP contribution in [0.2, 0.25) is 0 Å². The average Bonchev–Trinajstić information content (AvgIpc) is 2.50. The summed E-state index contributed by atoms with van der Waals surface area (Å²) in [5.74, 6) is 0.996. The summed E-state index contributed by atoms with van der Waals surface area (Å²) in [6.45, 7) is 2.18. The zero-order valence-corrected chi connectivity index (χ0v) is 13.9. The molecule has 1 aromatic carbocycles. The first-order chi connectivity index (χ1) is 9.99. The van der Waals surface area contributed by atoms with Crippen molar-refractivity contribution >= 4 is 21.8 Å². The maximum absolute atomic E-state index is 12.5. The van der Waals surface area contributed by atoms with Crippen molar-refractivity contribution in [1.82, 2.24) is 5.32 Å². The van der Waals surface area contributed by atoms with Crippen molar-refractivity contribution < 1.29 is 9.53 Å². The molecule has 1 aliphatic rings. The third-order valence-electron chi connectivity index (χ3n) is 4.11. The predicted octanol–water partition coefficient (Wildman–Crippen LogP) is 3.66. The van der Waals surface area contributed by atoms with Crippen LogP contribution >= 0.6 is 15.9 Å². The lowest BCUT2D eigenvalue weighted by atomic mass is 9.78. The van der Waals surface area contributed by atoms with Crippen LogP contribution in [0.3, 0.4) is 0 Å². The van der Waals surface area contributed by atoms with Gasteiger partial charge in [0.25, 0.3) is 5.91 Å². The van der Waals surface area contributed by atoms with Crippen LogP contribution in [-0.4, -0.2) is 18.6 Å². The Morgan fingerprint density at radius 2 is 2.14 bits per heavy atom. The van der Waals surface area contributed by atoms with Crippen molar-refractivity contribution in [3.8, 4) is 11.8 Å². The molecular formula is C16H19BrN2O2. The number of rotatable bonds is 3. The number of nitrogens with one attached hydrogen (secondary N) is 1. The van der Waals surface area contributed by atoms with E-state index in [4.69, 9.17) is 4.74 Å². The van der Waals surface area contributed by atoms with E-state index in [2.05, 4.69) is 34.2 Å². The first-order valence-electron chi connectivity index (χ1n) is 7.07. The largest absolute Gasteiger partial charge is 0.497 e. The van der Waals surface area contributed by atoms with Crippen LogP contribution in [0.15, 0.2) is 22.7 Å². The maximum Gasteiger partial charge on any atom is 0.253 e. The van der Waals surface area contributed by atoms with Crippen LogP contribution in [0.1, 0.15) is 43.0 Å². The van der Waals surface area contributed by atoms with Crippen LogP contribution in [0, 0.1) is 17.2 Å². The Balaban J connectivity index is 2.19. The van der Waals surface area contributed by atoms with Gasteiger partial charge in [-0.3, -0.25) is 4.79 Å². The van der Waals surface area contributed by atoms with Gasteiger partial charge in [-0.25, -0.2) is 0 Å². The van der Waals surface area contributed by atoms with Crippen molar-refractivity contribution in [3.63, 3.8) is 0 Å². The molecule has 0 heterocycles. The number of amides is 1. The number of hydrogen-bond donors (Lipinski definition) is 1. The van der Waals surface area contributed by atoms with Crippen molar-refractivity contribution in [2.75, 3.05) is 7.11 Å². The molecular weight excluding hydrogens is 332 g/mol. The maximum atomic E-state index is 12.5. The lowest BCUT2D eigenvalue weighted by Gasteiger charge is -2.34. The highest BCUT2D eigenvalue weighted by atomic mass is 79.9. The number of ether oxygens (including phenoxy) is 1. The minimum atomic E-state index is -0.744. The van der Waals surface area contributed by atoms with E-state index in [-0.39, 0.29) is 5.91 Å². The van der Waals surface area contributed by atoms with E-state index in [9.17, 15) is 10.1 Å². The summed E-state index contributed by atoms with van der Waals surface area (Å²) in [5.41, 5.74) is -0.255. The Hall–Kier alpha value is -1.54. The van der Waals surface area contributed by atoms with E-state index in [0.717, 1.165) is 12.8 Å². The zero-order valence-electron chi connectivity index (χ0n) is 12.3. The average molecular weight is 351 g/mol. The monoisotopic (exact) mass is 350 g/mol. The molecule has 0 saturated heterocycles. The van der Waals surface area contributed by atoms with Gasteiger partial charge in [-0.15, -0.1) is 0 Å². The molecule has 112 valence electrons. The second kappa shape index (κ2) is 6.48. The first-order valence-corrected chi connectivity index (χ1v) is 7.86. The molecule has 0 unspecified atom stereocenters. The van der Waals surface area contributed by atoms with Gasteiger partial charge in [0.15, 0.2) is 0 Å². The third-order valence-corrected chi connectivity index (χ3v) is 4.80. The van der Waals surface area contributed by atoms with Crippen molar-refractivity contribution in [1.29, 1.82) is 5.26 Å². The van der Waals surface area contributed by atoms with Crippen molar-refractivity contribution in [2.24, 2.45) is 5.92 Å². The predicted molar refractivity (Wildman–Crippen MR) is 84.1 cm³/mol. The van der Waals surface area contributed by atoms with Crippen LogP contribution in [0.5, 0.6) is 5.75 Å². The summed E-state index contributed by atoms with van der Waals surface area (Å²) in [4.78, 5) is 12.5. The minimum Gasteiger partial charge on any atom is -0.497 e. The highest BCUT2D eigenvalue weighted by Gasteiger charge is 2.36. The van der Waals surface area contributed by atoms with Gasteiger partial charge in [-0.1, -0.05) is 6.92 Å². The fourth-order valence-corrected chi connectivity index (χ4v) is 3.04. The van der Waals surface area contributed by atoms with E-state index in [0.29, 0.717) is 34.5 Å². The molecule has 0 spiro atoms. The van der Waals surface area contributed by atoms with Gasteiger partial charge in [0, 0.05) is 4.47 Å². The van der Waals surface area contributed by atoms with Gasteiger partial charge in [0.2, 0.25) is 0 Å². The molecule has 1 amide bonds. The number of carbonyl (C=O) groups is 1. The lowest BCUT2D eigenvalue weighted by Crippen LogP contribution is -2.49. The first kappa shape index (κ1) is 15.8. The molecule has 21 heavy (non-hydrogen) atoms. The molecule has 0 atom stereocenters. The molecule has 0 aromatic heterocycles. The smallest absolute Gasteiger partial charge is 0.253 e. The second-order valence-corrected chi connectivity index (χ2v) is 6.53. The minimum absolute atomic E-state index is 0.239. The summed E-state index contributed by atoms with van der Waals surface area (Å²) in [6, 6.07) is 7.54. The fraction of sp³-hybridized carbons (Fsp3) is 0.500. The number of methoxy groups -OCH3 is 1. The molecule has 1 saturated carbocycles. The Morgan fingerprint density at radius 1 is 1.48 bits per heavy atom. The molecule has 2 rings (SSSR count). The van der Waals surface area contributed by atoms with Gasteiger partial charge < -0.3 is 10.1 Å². The Bertz CT molecular complexity index is 572. The number of benzene rings is 1. The van der Waals surface area contributed by atoms with Gasteiger partial charge in [-0.2, -0.15) is 5.26 Å². The Labute approximate surface area is 133 Å². The normalized spacial score (nSPS) is 25.0. The summed E-state index contributed by atoms with van der Waals surface area (Å²) >= 11 is 3.37. The molecule has 1 aliphatic carbocycles. The van der Waals surface area contributed by atoms with Gasteiger partial charge in [0.1, 0.15) is 11.3 Å². The van der Waals surface area contributed by atoms with E-state index in [1.54, 1.807) is 25.3 Å². The highest BCUT2D eigenvalue weighted by Crippen LogP contribution is 2.32. The molecule has 1 N–H and O–H groups in total. The number of nitrogens with zero attached hydrogens (tertiary/aromatic N) is 1. The molecule has 5 heteroatoms. The Morgan fingerprint density at radius 3 is 2.71 bits per heavy atom. The topological polar surface area (TPSA) is 62.1 Å². The number of halogens is 1. The number of hydrogen-bond acceptors (Lipinski definition) is 3. The highest BCUT2D eigenvalue weighted by molar-refractivity contribution is 9.10. The SMILES string of the molecule is COc1ccc(Br)c(C(=O)NC2(C#N)CCC(C)CC2)c1. The van der Waals surface area contributed by atoms with Crippen molar-refractivity contribution in [2.45, 2.75) is 38.1 Å². The van der Waals surface area contributed by atoms with Gasteiger partial charge in [-0.05, 0) is 65.7 Å². The number of nitriles is 1. The molecule has 1 fully saturated rings. The van der Waals surface area contributed by atoms with Crippen LogP contribution in [0.25, 0.3) is 0 Å². The van der Waals surface area contributed by atoms with Gasteiger partial charge >= 0.3 is 0 Å². The lowest BCUT2D eigenvalue weighted by molar-refractivity contribution is 0.0892. The van der Waals surface area contributed by atoms with Crippen LogP contribution in [-0.2, 0) is 0 Å². The molecule has 0 aliphatic heterocycles. The summed E-state index contributed by atoms with van der Waals surface area (Å²) in [5, 5.41) is 12.4. The summed E-state index contributed by atoms with van der Waals surface area (Å²) < 4.78 is 5.84. The molecule has 4 nitrogen and oxygen atoms in total. The molecule has 0 bridgehead atoms. The zero-order chi connectivity index (χ0) is 15.5. The van der Waals surface area contributed by atoms with Crippen LogP contribution in [0.4, 0.5) is 0 Å². The van der Waals surface area contributed by atoms with E-state index in [1.807, 2.05) is 0 Å². The van der Waals surface area contributed by atoms with E-state index >= 15 is 0 Å². The number of carbonyl (C=O) groups excluding carboxylic acids is 1. The van der Waals surface area contributed by atoms with E-state index in [1.165, 1.54) is 0 Å². The summed E-state index contributed by atoms with van der Waals surface area (Å²) in [6.07, 6.45) is 3.34. The standard InChI is InChI=1S/C16H19BrN2O2/c1-11-5-7-16(10-18,8-6-11)19-15(20)13-9-12(21-2)3-4-14(13)17/h3-4,9,11H,5-8H2,1-2H3,(H,19,20). The Kier molecular flexibility index (Phi) is 4.89. The van der Waals surface area contributed by atoms with E-state index < -0.39 is 5.54 Å². The third kappa shape index (κ3) is 3.56. The second-order valence-electron chi connectivity index (χ2n) is 5.68. The van der Waals surface area contributed by atoms with Crippen LogP contribution < -0.4 is 10.1 Å². The fourth-order valence-electron chi connectivity index (χ4n) is 2.61. The quantitative estimate of drug-likeness (QED) is 0.904. The molecule has 1 aromatic rings. The summed E-state index contributed by atoms with van der Waals surface area (Å²) in [7, 11) is 1.56.